The van der Waals surface area contributed by atoms with Gasteiger partial charge in [-0.15, -0.1) is 0 Å². The normalized spacial score (nSPS) is 17.4. The molecule has 0 spiro atoms. The van der Waals surface area contributed by atoms with Gasteiger partial charge in [0.05, 0.1) is 17.6 Å². The van der Waals surface area contributed by atoms with Crippen molar-refractivity contribution < 1.29 is 9.53 Å². The van der Waals surface area contributed by atoms with E-state index in [1.807, 2.05) is 81.1 Å². The summed E-state index contributed by atoms with van der Waals surface area (Å²) in [5.41, 5.74) is 16.0. The molecule has 2 N–H and O–H groups in total. The fraction of sp³-hybridized carbons (Fsp3) is 0.273. The quantitative estimate of drug-likeness (QED) is 0.414. The molecule has 5 nitrogen and oxygen atoms in total. The van der Waals surface area contributed by atoms with E-state index in [9.17, 15) is 10.1 Å². The summed E-state index contributed by atoms with van der Waals surface area (Å²) in [6.07, 6.45) is 1.98. The van der Waals surface area contributed by atoms with Gasteiger partial charge in [-0.25, -0.2) is 0 Å². The van der Waals surface area contributed by atoms with Gasteiger partial charge < -0.3 is 10.5 Å². The highest BCUT2D eigenvalue weighted by atomic mass is 16.5. The maximum atomic E-state index is 13.6. The lowest BCUT2D eigenvalue weighted by molar-refractivity contribution is -0.116. The summed E-state index contributed by atoms with van der Waals surface area (Å²) in [7, 11) is 0. The molecule has 1 aliphatic carbocycles. The van der Waals surface area contributed by atoms with Crippen LogP contribution >= 0.6 is 0 Å². The van der Waals surface area contributed by atoms with Crippen molar-refractivity contribution in [3.8, 4) is 11.8 Å². The van der Waals surface area contributed by atoms with Crippen LogP contribution in [0.3, 0.4) is 0 Å². The Morgan fingerprint density at radius 3 is 2.45 bits per heavy atom. The van der Waals surface area contributed by atoms with Crippen LogP contribution in [0.4, 0.5) is 5.69 Å². The summed E-state index contributed by atoms with van der Waals surface area (Å²) in [6.45, 7) is 8.56. The zero-order chi connectivity index (χ0) is 27.0. The number of nitrogens with two attached hydrogens (primary N) is 1. The second-order valence-electron chi connectivity index (χ2n) is 10.4. The third-order valence-corrected chi connectivity index (χ3v) is 7.60. The molecule has 1 atom stereocenters. The maximum absolute atomic E-state index is 13.6. The molecule has 0 fully saturated rings. The smallest absolute Gasteiger partial charge is 0.161 e. The number of anilines is 1. The van der Waals surface area contributed by atoms with Crippen LogP contribution in [0.2, 0.25) is 0 Å². The number of nitrogens with zero attached hydrogens (tertiary/aromatic N) is 2. The standard InChI is InChI=1S/C33H33N3O2/c1-20-11-13-26(14-12-20)38-19-24-15-22(3)17-27(23(24)4)31-28(18-34)33(35)36(25-8-5-7-21(2)16-25)29-9-6-10-30(37)32(29)31/h5,7-8,11-17,31H,6,9-10,19,35H2,1-4H3. The van der Waals surface area contributed by atoms with Gasteiger partial charge in [0.1, 0.15) is 18.2 Å². The van der Waals surface area contributed by atoms with Gasteiger partial charge in [-0.2, -0.15) is 5.26 Å². The first-order valence-electron chi connectivity index (χ1n) is 13.1. The summed E-state index contributed by atoms with van der Waals surface area (Å²) in [5.74, 6) is 0.795. The van der Waals surface area contributed by atoms with Crippen molar-refractivity contribution in [2.45, 2.75) is 59.5 Å². The van der Waals surface area contributed by atoms with Crippen molar-refractivity contribution >= 4 is 11.5 Å². The number of hydrogen-bond acceptors (Lipinski definition) is 5. The molecule has 0 saturated carbocycles. The van der Waals surface area contributed by atoms with Gasteiger partial charge in [0, 0.05) is 23.4 Å². The molecule has 3 aromatic rings. The van der Waals surface area contributed by atoms with Crippen LogP contribution in [-0.4, -0.2) is 5.78 Å². The highest BCUT2D eigenvalue weighted by molar-refractivity contribution is 6.01. The van der Waals surface area contributed by atoms with Crippen molar-refractivity contribution in [2.75, 3.05) is 4.90 Å². The van der Waals surface area contributed by atoms with Gasteiger partial charge in [0.15, 0.2) is 5.78 Å². The van der Waals surface area contributed by atoms with Crippen LogP contribution in [0.25, 0.3) is 0 Å². The number of carbonyl (C=O) groups is 1. The zero-order valence-corrected chi connectivity index (χ0v) is 22.5. The number of hydrogen-bond donors (Lipinski definition) is 1. The van der Waals surface area contributed by atoms with Crippen molar-refractivity contribution in [2.24, 2.45) is 5.73 Å². The minimum Gasteiger partial charge on any atom is -0.489 e. The number of nitriles is 1. The number of rotatable bonds is 5. The number of allylic oxidation sites excluding steroid dienone is 3. The van der Waals surface area contributed by atoms with Gasteiger partial charge >= 0.3 is 0 Å². The minimum absolute atomic E-state index is 0.0903. The van der Waals surface area contributed by atoms with Crippen LogP contribution in [-0.2, 0) is 11.4 Å². The van der Waals surface area contributed by atoms with Crippen molar-refractivity contribution in [1.29, 1.82) is 5.26 Å². The second kappa shape index (κ2) is 10.2. The van der Waals surface area contributed by atoms with E-state index in [1.165, 1.54) is 5.56 Å². The molecule has 3 aromatic carbocycles. The van der Waals surface area contributed by atoms with Gasteiger partial charge in [0.25, 0.3) is 0 Å². The van der Waals surface area contributed by atoms with Gasteiger partial charge in [-0.1, -0.05) is 47.5 Å². The van der Waals surface area contributed by atoms with E-state index in [0.717, 1.165) is 57.8 Å². The fourth-order valence-corrected chi connectivity index (χ4v) is 5.67. The van der Waals surface area contributed by atoms with E-state index in [1.54, 1.807) is 0 Å². The lowest BCUT2D eigenvalue weighted by atomic mass is 9.73. The van der Waals surface area contributed by atoms with Crippen LogP contribution < -0.4 is 15.4 Å². The first kappa shape index (κ1) is 25.4. The highest BCUT2D eigenvalue weighted by Crippen LogP contribution is 2.47. The van der Waals surface area contributed by atoms with Gasteiger partial charge in [-0.05, 0) is 87.1 Å². The molecule has 0 aromatic heterocycles. The monoisotopic (exact) mass is 503 g/mol. The Kier molecular flexibility index (Phi) is 6.82. The molecule has 5 heteroatoms. The first-order valence-corrected chi connectivity index (χ1v) is 13.1. The number of ketones is 1. The van der Waals surface area contributed by atoms with Gasteiger partial charge in [0.2, 0.25) is 0 Å². The van der Waals surface area contributed by atoms with Crippen LogP contribution in [0.1, 0.15) is 58.6 Å². The Bertz CT molecular complexity index is 1520. The number of ether oxygens (including phenoxy) is 1. The highest BCUT2D eigenvalue weighted by Gasteiger charge is 2.41. The lowest BCUT2D eigenvalue weighted by Gasteiger charge is -2.40. The molecule has 0 bridgehead atoms. The van der Waals surface area contributed by atoms with Crippen molar-refractivity contribution in [3.05, 3.63) is 117 Å². The molecule has 0 amide bonds. The SMILES string of the molecule is Cc1ccc(OCc2cc(C)cc(C3C(C#N)=C(N)N(c4cccc(C)c4)C4=C3C(=O)CCC4)c2C)cc1. The molecule has 2 aliphatic rings. The Morgan fingerprint density at radius 2 is 1.74 bits per heavy atom. The third kappa shape index (κ3) is 4.59. The largest absolute Gasteiger partial charge is 0.489 e. The number of benzene rings is 3. The predicted molar refractivity (Wildman–Crippen MR) is 151 cm³/mol. The summed E-state index contributed by atoms with van der Waals surface area (Å²) >= 11 is 0. The van der Waals surface area contributed by atoms with Crippen LogP contribution in [0.15, 0.2) is 83.3 Å². The van der Waals surface area contributed by atoms with E-state index in [0.29, 0.717) is 30.0 Å². The summed E-state index contributed by atoms with van der Waals surface area (Å²) in [4.78, 5) is 15.5. The number of carbonyl (C=O) groups excluding carboxylic acids is 1. The molecule has 1 unspecified atom stereocenters. The van der Waals surface area contributed by atoms with E-state index in [2.05, 4.69) is 18.2 Å². The lowest BCUT2D eigenvalue weighted by Crippen LogP contribution is -2.39. The third-order valence-electron chi connectivity index (χ3n) is 7.60. The summed E-state index contributed by atoms with van der Waals surface area (Å²) in [5, 5.41) is 10.4. The molecule has 38 heavy (non-hydrogen) atoms. The van der Waals surface area contributed by atoms with Gasteiger partial charge in [-0.3, -0.25) is 9.69 Å². The molecule has 5 rings (SSSR count). The Labute approximate surface area is 224 Å². The van der Waals surface area contributed by atoms with E-state index < -0.39 is 5.92 Å². The van der Waals surface area contributed by atoms with E-state index >= 15 is 0 Å². The first-order chi connectivity index (χ1) is 18.3. The fourth-order valence-electron chi connectivity index (χ4n) is 5.67. The molecule has 1 aliphatic heterocycles. The Balaban J connectivity index is 1.63. The zero-order valence-electron chi connectivity index (χ0n) is 22.5. The number of Topliss-reactive ketones (excluding diaryl/α,β-unsaturated/α-hetero) is 1. The van der Waals surface area contributed by atoms with E-state index in [-0.39, 0.29) is 5.78 Å². The minimum atomic E-state index is -0.498. The Morgan fingerprint density at radius 1 is 0.974 bits per heavy atom. The van der Waals surface area contributed by atoms with Crippen LogP contribution in [0.5, 0.6) is 5.75 Å². The molecule has 192 valence electrons. The molecule has 0 radical (unpaired) electrons. The molecular formula is C33H33N3O2. The molecule has 1 heterocycles. The summed E-state index contributed by atoms with van der Waals surface area (Å²) < 4.78 is 6.12. The summed E-state index contributed by atoms with van der Waals surface area (Å²) in [6, 6.07) is 22.6. The maximum Gasteiger partial charge on any atom is 0.161 e. The number of aryl methyl sites for hydroxylation is 3. The molecule has 0 saturated heterocycles. The van der Waals surface area contributed by atoms with Crippen molar-refractivity contribution in [1.82, 2.24) is 0 Å². The van der Waals surface area contributed by atoms with Crippen molar-refractivity contribution in [3.63, 3.8) is 0 Å². The average Bonchev–Trinajstić information content (AvgIpc) is 2.89. The van der Waals surface area contributed by atoms with Crippen LogP contribution in [0, 0.1) is 39.0 Å². The topological polar surface area (TPSA) is 79.3 Å². The average molecular weight is 504 g/mol. The second-order valence-corrected chi connectivity index (χ2v) is 10.4. The molecular weight excluding hydrogens is 470 g/mol. The Hall–Kier alpha value is -4.30. The van der Waals surface area contributed by atoms with E-state index in [4.69, 9.17) is 10.5 Å². The predicted octanol–water partition coefficient (Wildman–Crippen LogP) is 6.80.